The summed E-state index contributed by atoms with van der Waals surface area (Å²) in [6.07, 6.45) is -2.69. The van der Waals surface area contributed by atoms with Crippen LogP contribution in [0.25, 0.3) is 0 Å². The highest BCUT2D eigenvalue weighted by atomic mass is 19.3. The van der Waals surface area contributed by atoms with E-state index in [0.29, 0.717) is 0 Å². The Bertz CT molecular complexity index is 368. The minimum absolute atomic E-state index is 0.0181. The molecule has 5 heteroatoms. The molecule has 68 valence electrons. The van der Waals surface area contributed by atoms with Gasteiger partial charge in [0.2, 0.25) is 0 Å². The molecular weight excluding hydrogens is 176 g/mol. The topological polar surface area (TPSA) is 75.8 Å². The van der Waals surface area contributed by atoms with Crippen LogP contribution in [0.1, 0.15) is 17.6 Å². The predicted octanol–water partition coefficient (Wildman–Crippen LogP) is 1.66. The van der Waals surface area contributed by atoms with Crippen molar-refractivity contribution in [1.29, 1.82) is 5.26 Å². The second-order valence-corrected chi connectivity index (χ2v) is 2.48. The van der Waals surface area contributed by atoms with Gasteiger partial charge in [0.15, 0.2) is 0 Å². The van der Waals surface area contributed by atoms with Gasteiger partial charge in [0.1, 0.15) is 6.07 Å². The first kappa shape index (κ1) is 9.26. The molecule has 1 rings (SSSR count). The van der Waals surface area contributed by atoms with Gasteiger partial charge in [-0.15, -0.1) is 0 Å². The lowest BCUT2D eigenvalue weighted by Gasteiger charge is -2.06. The maximum atomic E-state index is 12.2. The highest BCUT2D eigenvalue weighted by Crippen LogP contribution is 2.28. The molecule has 0 aliphatic carbocycles. The first-order valence-corrected chi connectivity index (χ1v) is 3.43. The fourth-order valence-electron chi connectivity index (χ4n) is 0.937. The quantitative estimate of drug-likeness (QED) is 0.650. The van der Waals surface area contributed by atoms with Gasteiger partial charge in [0.25, 0.3) is 6.43 Å². The van der Waals surface area contributed by atoms with Crippen molar-refractivity contribution in [2.24, 2.45) is 0 Å². The van der Waals surface area contributed by atoms with E-state index in [1.807, 2.05) is 0 Å². The van der Waals surface area contributed by atoms with Gasteiger partial charge >= 0.3 is 0 Å². The zero-order valence-corrected chi connectivity index (χ0v) is 6.59. The van der Waals surface area contributed by atoms with E-state index >= 15 is 0 Å². The SMILES string of the molecule is N#Cc1cc(C(F)F)c(N)cc1N. The second-order valence-electron chi connectivity index (χ2n) is 2.48. The number of nitrogens with two attached hydrogens (primary N) is 2. The van der Waals surface area contributed by atoms with Gasteiger partial charge in [0.05, 0.1) is 11.3 Å². The van der Waals surface area contributed by atoms with Crippen molar-refractivity contribution >= 4 is 11.4 Å². The number of halogens is 2. The fraction of sp³-hybridized carbons (Fsp3) is 0.125. The summed E-state index contributed by atoms with van der Waals surface area (Å²) in [6, 6.07) is 3.88. The van der Waals surface area contributed by atoms with Gasteiger partial charge in [-0.1, -0.05) is 0 Å². The molecule has 13 heavy (non-hydrogen) atoms. The van der Waals surface area contributed by atoms with Gasteiger partial charge in [-0.2, -0.15) is 5.26 Å². The van der Waals surface area contributed by atoms with Gasteiger partial charge < -0.3 is 11.5 Å². The van der Waals surface area contributed by atoms with Crippen molar-refractivity contribution in [3.63, 3.8) is 0 Å². The summed E-state index contributed by atoms with van der Waals surface area (Å²) in [5.41, 5.74) is 10.3. The highest BCUT2D eigenvalue weighted by molar-refractivity contribution is 5.65. The van der Waals surface area contributed by atoms with Crippen LogP contribution in [0.3, 0.4) is 0 Å². The summed E-state index contributed by atoms with van der Waals surface area (Å²) < 4.78 is 24.5. The summed E-state index contributed by atoms with van der Waals surface area (Å²) in [4.78, 5) is 0. The molecule has 0 spiro atoms. The summed E-state index contributed by atoms with van der Waals surface area (Å²) >= 11 is 0. The number of nitriles is 1. The Hall–Kier alpha value is -1.83. The minimum atomic E-state index is -2.69. The lowest BCUT2D eigenvalue weighted by molar-refractivity contribution is 0.152. The van der Waals surface area contributed by atoms with Crippen molar-refractivity contribution in [3.8, 4) is 6.07 Å². The Morgan fingerprint density at radius 3 is 2.31 bits per heavy atom. The first-order chi connectivity index (χ1) is 6.06. The van der Waals surface area contributed by atoms with Crippen LogP contribution in [0.15, 0.2) is 12.1 Å². The normalized spacial score (nSPS) is 10.0. The Kier molecular flexibility index (Phi) is 2.33. The van der Waals surface area contributed by atoms with Crippen molar-refractivity contribution in [2.75, 3.05) is 11.5 Å². The molecule has 0 aromatic heterocycles. The van der Waals surface area contributed by atoms with E-state index in [1.54, 1.807) is 6.07 Å². The largest absolute Gasteiger partial charge is 0.398 e. The summed E-state index contributed by atoms with van der Waals surface area (Å²) in [5.74, 6) is 0. The number of rotatable bonds is 1. The maximum Gasteiger partial charge on any atom is 0.265 e. The Morgan fingerprint density at radius 2 is 1.85 bits per heavy atom. The smallest absolute Gasteiger partial charge is 0.265 e. The zero-order valence-electron chi connectivity index (χ0n) is 6.59. The average Bonchev–Trinajstić information content (AvgIpc) is 2.03. The summed E-state index contributed by atoms with van der Waals surface area (Å²) in [5, 5.41) is 8.50. The van der Waals surface area contributed by atoms with Crippen LogP contribution in [-0.2, 0) is 0 Å². The molecule has 0 unspecified atom stereocenters. The molecule has 0 saturated heterocycles. The van der Waals surface area contributed by atoms with Gasteiger partial charge in [-0.25, -0.2) is 8.78 Å². The molecule has 0 amide bonds. The lowest BCUT2D eigenvalue weighted by atomic mass is 10.1. The molecule has 1 aromatic carbocycles. The van der Waals surface area contributed by atoms with Crippen LogP contribution in [-0.4, -0.2) is 0 Å². The molecule has 0 aliphatic heterocycles. The fourth-order valence-corrected chi connectivity index (χ4v) is 0.937. The number of benzene rings is 1. The van der Waals surface area contributed by atoms with E-state index in [1.165, 1.54) is 6.07 Å². The zero-order chi connectivity index (χ0) is 10.0. The predicted molar refractivity (Wildman–Crippen MR) is 44.9 cm³/mol. The number of nitrogens with zero attached hydrogens (tertiary/aromatic N) is 1. The number of alkyl halides is 2. The number of nitrogen functional groups attached to an aromatic ring is 2. The van der Waals surface area contributed by atoms with E-state index < -0.39 is 6.43 Å². The molecule has 1 aromatic rings. The molecule has 0 heterocycles. The lowest BCUT2D eigenvalue weighted by Crippen LogP contribution is -1.99. The second kappa shape index (κ2) is 3.27. The van der Waals surface area contributed by atoms with E-state index in [2.05, 4.69) is 0 Å². The Morgan fingerprint density at radius 1 is 1.23 bits per heavy atom. The molecule has 4 N–H and O–H groups in total. The van der Waals surface area contributed by atoms with Gasteiger partial charge in [0, 0.05) is 11.3 Å². The minimum Gasteiger partial charge on any atom is -0.398 e. The molecule has 0 radical (unpaired) electrons. The van der Waals surface area contributed by atoms with E-state index in [-0.39, 0.29) is 22.5 Å². The van der Waals surface area contributed by atoms with Crippen LogP contribution in [0.2, 0.25) is 0 Å². The monoisotopic (exact) mass is 183 g/mol. The average molecular weight is 183 g/mol. The Labute approximate surface area is 73.6 Å². The first-order valence-electron chi connectivity index (χ1n) is 3.43. The number of hydrogen-bond acceptors (Lipinski definition) is 3. The molecule has 0 atom stereocenters. The highest BCUT2D eigenvalue weighted by Gasteiger charge is 2.13. The van der Waals surface area contributed by atoms with E-state index in [9.17, 15) is 8.78 Å². The molecule has 3 nitrogen and oxygen atoms in total. The van der Waals surface area contributed by atoms with Gasteiger partial charge in [-0.05, 0) is 12.1 Å². The van der Waals surface area contributed by atoms with Gasteiger partial charge in [-0.3, -0.25) is 0 Å². The third-order valence-electron chi connectivity index (χ3n) is 1.61. The molecule has 0 bridgehead atoms. The van der Waals surface area contributed by atoms with Crippen LogP contribution in [0.5, 0.6) is 0 Å². The van der Waals surface area contributed by atoms with Crippen molar-refractivity contribution in [3.05, 3.63) is 23.3 Å². The summed E-state index contributed by atoms with van der Waals surface area (Å²) in [7, 11) is 0. The molecule has 0 saturated carbocycles. The number of hydrogen-bond donors (Lipinski definition) is 2. The van der Waals surface area contributed by atoms with Crippen molar-refractivity contribution < 1.29 is 8.78 Å². The van der Waals surface area contributed by atoms with E-state index in [4.69, 9.17) is 16.7 Å². The van der Waals surface area contributed by atoms with Crippen LogP contribution in [0.4, 0.5) is 20.2 Å². The Balaban J connectivity index is 3.33. The van der Waals surface area contributed by atoms with Crippen LogP contribution < -0.4 is 11.5 Å². The van der Waals surface area contributed by atoms with E-state index in [0.717, 1.165) is 6.07 Å². The molecule has 0 fully saturated rings. The maximum absolute atomic E-state index is 12.2. The number of anilines is 2. The third-order valence-corrected chi connectivity index (χ3v) is 1.61. The van der Waals surface area contributed by atoms with Crippen LogP contribution in [0, 0.1) is 11.3 Å². The van der Waals surface area contributed by atoms with Crippen LogP contribution >= 0.6 is 0 Å². The standard InChI is InChI=1S/C8H7F2N3/c9-8(10)5-1-4(3-11)6(12)2-7(5)13/h1-2,8H,12-13H2. The molecular formula is C8H7F2N3. The van der Waals surface area contributed by atoms with Crippen molar-refractivity contribution in [2.45, 2.75) is 6.43 Å². The third kappa shape index (κ3) is 1.67. The molecule has 0 aliphatic rings. The van der Waals surface area contributed by atoms with Crippen molar-refractivity contribution in [1.82, 2.24) is 0 Å². The summed E-state index contributed by atoms with van der Waals surface area (Å²) in [6.45, 7) is 0.